The number of fused-ring (bicyclic) bond motifs is 1. The smallest absolute Gasteiger partial charge is 0.369 e. The minimum absolute atomic E-state index is 0.0688. The Hall–Kier alpha value is -2.64. The van der Waals surface area contributed by atoms with Crippen LogP contribution in [0, 0.1) is 5.92 Å². The van der Waals surface area contributed by atoms with Gasteiger partial charge in [0.25, 0.3) is 5.60 Å². The first-order valence-electron chi connectivity index (χ1n) is 10.9. The number of nitrogens with one attached hydrogen (secondary N) is 1. The number of likely N-dealkylation sites (N-methyl/N-ethyl adjacent to an activating group) is 1. The van der Waals surface area contributed by atoms with E-state index in [1.807, 2.05) is 0 Å². The number of sulfone groups is 1. The number of benzene rings is 2. The molecule has 1 fully saturated rings. The average Bonchev–Trinajstić information content (AvgIpc) is 3.49. The molecule has 0 aromatic heterocycles. The van der Waals surface area contributed by atoms with Crippen LogP contribution in [0.3, 0.4) is 0 Å². The highest BCUT2D eigenvalue weighted by atomic mass is 32.2. The number of alkyl halides is 6. The predicted molar refractivity (Wildman–Crippen MR) is 117 cm³/mol. The second-order valence-corrected chi connectivity index (χ2v) is 11.2. The maximum absolute atomic E-state index is 13.1. The van der Waals surface area contributed by atoms with Gasteiger partial charge in [0.2, 0.25) is 5.91 Å². The molecule has 6 nitrogen and oxygen atoms in total. The Balaban J connectivity index is 1.53. The maximum atomic E-state index is 13.1. The Morgan fingerprint density at radius 3 is 2.14 bits per heavy atom. The van der Waals surface area contributed by atoms with Gasteiger partial charge in [-0.1, -0.05) is 18.2 Å². The van der Waals surface area contributed by atoms with E-state index in [0.29, 0.717) is 23.3 Å². The highest BCUT2D eigenvalue weighted by molar-refractivity contribution is 7.91. The van der Waals surface area contributed by atoms with Crippen molar-refractivity contribution in [3.8, 4) is 0 Å². The summed E-state index contributed by atoms with van der Waals surface area (Å²) in [5.74, 6) is -0.377. The summed E-state index contributed by atoms with van der Waals surface area (Å²) in [5, 5.41) is 11.9. The molecule has 1 aliphatic heterocycles. The minimum atomic E-state index is -6.02. The summed E-state index contributed by atoms with van der Waals surface area (Å²) in [6.07, 6.45) is -10.3. The third-order valence-electron chi connectivity index (χ3n) is 6.42. The van der Waals surface area contributed by atoms with Crippen molar-refractivity contribution in [2.75, 3.05) is 18.1 Å². The molecule has 13 heteroatoms. The van der Waals surface area contributed by atoms with Crippen molar-refractivity contribution in [1.82, 2.24) is 4.90 Å². The molecule has 196 valence electrons. The Morgan fingerprint density at radius 2 is 1.61 bits per heavy atom. The second-order valence-electron chi connectivity index (χ2n) is 9.18. The Kier molecular flexibility index (Phi) is 6.41. The normalized spacial score (nSPS) is 19.3. The lowest BCUT2D eigenvalue weighted by Crippen LogP contribution is -2.53. The monoisotopic (exact) mass is 536 g/mol. The van der Waals surface area contributed by atoms with Crippen molar-refractivity contribution in [1.29, 1.82) is 0 Å². The fourth-order valence-corrected chi connectivity index (χ4v) is 6.05. The Bertz CT molecular complexity index is 1260. The molecule has 2 aromatic rings. The third-order valence-corrected chi connectivity index (χ3v) is 8.30. The summed E-state index contributed by atoms with van der Waals surface area (Å²) in [5.41, 5.74) is -5.42. The number of hydrogen-bond donors (Lipinski definition) is 2. The molecule has 1 unspecified atom stereocenters. The first kappa shape index (κ1) is 26.4. The molecular weight excluding hydrogens is 514 g/mol. The van der Waals surface area contributed by atoms with Gasteiger partial charge in [-0.15, -0.1) is 0 Å². The number of nitrogens with zero attached hydrogens (tertiary/aromatic N) is 1. The van der Waals surface area contributed by atoms with Crippen LogP contribution in [0.4, 0.5) is 32.0 Å². The molecule has 2 aliphatic rings. The van der Waals surface area contributed by atoms with E-state index in [-0.39, 0.29) is 28.8 Å². The van der Waals surface area contributed by atoms with Gasteiger partial charge in [-0.25, -0.2) is 8.42 Å². The van der Waals surface area contributed by atoms with Gasteiger partial charge < -0.3 is 10.4 Å². The summed E-state index contributed by atoms with van der Waals surface area (Å²) in [6, 6.07) is 6.19. The standard InChI is InChI=1S/C23H22F6N2O4S/c1-31-11-14-10-17(36(34,35)12-13-2-3-13)8-9-18(14)19(31)20(32)30-16-6-4-15(5-7-16)21(33,22(24,25)26)23(27,28)29/h4-10,13,19,33H,2-3,11-12H2,1H3,(H,30,32). The quantitative estimate of drug-likeness (QED) is 0.538. The van der Waals surface area contributed by atoms with Crippen LogP contribution in [0.2, 0.25) is 0 Å². The van der Waals surface area contributed by atoms with Crippen LogP contribution < -0.4 is 5.32 Å². The lowest BCUT2D eigenvalue weighted by Gasteiger charge is -2.32. The van der Waals surface area contributed by atoms with Crippen LogP contribution in [-0.2, 0) is 26.8 Å². The molecule has 0 spiro atoms. The van der Waals surface area contributed by atoms with Crippen LogP contribution in [0.1, 0.15) is 35.6 Å². The summed E-state index contributed by atoms with van der Waals surface area (Å²) < 4.78 is 104. The second kappa shape index (κ2) is 8.73. The van der Waals surface area contributed by atoms with E-state index in [4.69, 9.17) is 0 Å². The fourth-order valence-electron chi connectivity index (χ4n) is 4.30. The molecule has 1 atom stereocenters. The van der Waals surface area contributed by atoms with Crippen molar-refractivity contribution in [2.45, 2.75) is 48.3 Å². The Labute approximate surface area is 202 Å². The molecule has 36 heavy (non-hydrogen) atoms. The number of carbonyl (C=O) groups is 1. The topological polar surface area (TPSA) is 86.7 Å². The van der Waals surface area contributed by atoms with E-state index in [2.05, 4.69) is 5.32 Å². The SMILES string of the molecule is CN1Cc2cc(S(=O)(=O)CC3CC3)ccc2C1C(=O)Nc1ccc(C(O)(C(F)(F)F)C(F)(F)F)cc1. The summed E-state index contributed by atoms with van der Waals surface area (Å²) in [7, 11) is -1.84. The number of halogens is 6. The third kappa shape index (κ3) is 4.71. The molecule has 1 heterocycles. The van der Waals surface area contributed by atoms with Crippen LogP contribution in [0.15, 0.2) is 47.4 Å². The molecular formula is C23H22F6N2O4S. The zero-order valence-electron chi connectivity index (χ0n) is 18.8. The molecule has 1 aliphatic carbocycles. The van der Waals surface area contributed by atoms with Crippen LogP contribution in [-0.4, -0.2) is 49.5 Å². The number of amides is 1. The van der Waals surface area contributed by atoms with E-state index < -0.39 is 45.3 Å². The number of carbonyl (C=O) groups excluding carboxylic acids is 1. The van der Waals surface area contributed by atoms with Crippen molar-refractivity contribution in [3.63, 3.8) is 0 Å². The molecule has 1 amide bonds. The zero-order chi connectivity index (χ0) is 26.7. The summed E-state index contributed by atoms with van der Waals surface area (Å²) >= 11 is 0. The molecule has 2 aromatic carbocycles. The summed E-state index contributed by atoms with van der Waals surface area (Å²) in [6.45, 7) is 0.267. The van der Waals surface area contributed by atoms with Gasteiger partial charge in [-0.3, -0.25) is 9.69 Å². The van der Waals surface area contributed by atoms with Gasteiger partial charge in [-0.05, 0) is 61.2 Å². The van der Waals surface area contributed by atoms with Crippen molar-refractivity contribution in [3.05, 3.63) is 59.2 Å². The zero-order valence-corrected chi connectivity index (χ0v) is 19.6. The van der Waals surface area contributed by atoms with Gasteiger partial charge >= 0.3 is 12.4 Å². The average molecular weight is 536 g/mol. The van der Waals surface area contributed by atoms with Crippen molar-refractivity contribution >= 4 is 21.4 Å². The van der Waals surface area contributed by atoms with Crippen molar-refractivity contribution < 1.29 is 44.7 Å². The number of aliphatic hydroxyl groups is 1. The predicted octanol–water partition coefficient (Wildman–Crippen LogP) is 4.31. The molecule has 1 saturated carbocycles. The minimum Gasteiger partial charge on any atom is -0.369 e. The maximum Gasteiger partial charge on any atom is 0.430 e. The largest absolute Gasteiger partial charge is 0.430 e. The first-order valence-corrected chi connectivity index (χ1v) is 12.5. The lowest BCUT2D eigenvalue weighted by molar-refractivity contribution is -0.376. The van der Waals surface area contributed by atoms with E-state index in [1.54, 1.807) is 18.0 Å². The highest BCUT2D eigenvalue weighted by Gasteiger charge is 2.71. The lowest BCUT2D eigenvalue weighted by atomic mass is 9.92. The Morgan fingerprint density at radius 1 is 1.03 bits per heavy atom. The molecule has 4 rings (SSSR count). The highest BCUT2D eigenvalue weighted by Crippen LogP contribution is 2.50. The fraction of sp³-hybridized carbons (Fsp3) is 0.435. The number of anilines is 1. The van der Waals surface area contributed by atoms with Gasteiger partial charge in [0, 0.05) is 17.8 Å². The first-order chi connectivity index (χ1) is 16.5. The molecule has 0 saturated heterocycles. The number of hydrogen-bond acceptors (Lipinski definition) is 5. The molecule has 2 N–H and O–H groups in total. The van der Waals surface area contributed by atoms with E-state index >= 15 is 0 Å². The van der Waals surface area contributed by atoms with Gasteiger partial charge in [0.05, 0.1) is 10.6 Å². The summed E-state index contributed by atoms with van der Waals surface area (Å²) in [4.78, 5) is 14.7. The van der Waals surface area contributed by atoms with Gasteiger partial charge in [0.15, 0.2) is 9.84 Å². The molecule has 0 bridgehead atoms. The van der Waals surface area contributed by atoms with Crippen LogP contribution >= 0.6 is 0 Å². The van der Waals surface area contributed by atoms with E-state index in [9.17, 15) is 44.7 Å². The van der Waals surface area contributed by atoms with Crippen LogP contribution in [0.25, 0.3) is 0 Å². The van der Waals surface area contributed by atoms with Gasteiger partial charge in [-0.2, -0.15) is 26.3 Å². The van der Waals surface area contributed by atoms with E-state index in [0.717, 1.165) is 25.0 Å². The molecule has 0 radical (unpaired) electrons. The van der Waals surface area contributed by atoms with E-state index in [1.165, 1.54) is 12.1 Å². The van der Waals surface area contributed by atoms with Crippen molar-refractivity contribution in [2.24, 2.45) is 5.92 Å². The number of rotatable bonds is 6. The van der Waals surface area contributed by atoms with Crippen LogP contribution in [0.5, 0.6) is 0 Å². The van der Waals surface area contributed by atoms with Gasteiger partial charge in [0.1, 0.15) is 6.04 Å².